The zero-order valence-corrected chi connectivity index (χ0v) is 26.7. The van der Waals surface area contributed by atoms with Gasteiger partial charge in [0, 0.05) is 12.7 Å². The number of nitrogens with one attached hydrogen (secondary N) is 1. The predicted octanol–water partition coefficient (Wildman–Crippen LogP) is 10.1. The summed E-state index contributed by atoms with van der Waals surface area (Å²) in [6, 6.07) is 14.1. The van der Waals surface area contributed by atoms with Crippen molar-refractivity contribution >= 4 is 5.69 Å². The average Bonchev–Trinajstić information content (AvgIpc) is 2.98. The van der Waals surface area contributed by atoms with Gasteiger partial charge in [-0.3, -0.25) is 0 Å². The van der Waals surface area contributed by atoms with Crippen molar-refractivity contribution in [3.8, 4) is 11.1 Å². The van der Waals surface area contributed by atoms with Crippen LogP contribution in [0.2, 0.25) is 0 Å². The highest BCUT2D eigenvalue weighted by molar-refractivity contribution is 5.71. The summed E-state index contributed by atoms with van der Waals surface area (Å²) in [5, 5.41) is 10.7. The molecule has 4 rings (SSSR count). The van der Waals surface area contributed by atoms with Crippen LogP contribution < -0.4 is 11.1 Å². The molecule has 2 aliphatic carbocycles. The van der Waals surface area contributed by atoms with E-state index in [0.29, 0.717) is 0 Å². The molecule has 2 fully saturated rings. The second-order valence-electron chi connectivity index (χ2n) is 10.2. The van der Waals surface area contributed by atoms with Gasteiger partial charge in [-0.05, 0) is 110 Å². The molecule has 3 nitrogen and oxygen atoms in total. The van der Waals surface area contributed by atoms with Crippen molar-refractivity contribution in [1.82, 2.24) is 0 Å². The second kappa shape index (κ2) is 21.0. The van der Waals surface area contributed by atoms with Gasteiger partial charge in [0.25, 0.3) is 0 Å². The number of aryl methyl sites for hydroxylation is 1. The summed E-state index contributed by atoms with van der Waals surface area (Å²) in [7, 11) is 2.01. The number of rotatable bonds is 4. The summed E-state index contributed by atoms with van der Waals surface area (Å²) in [5.74, 6) is 3.78. The van der Waals surface area contributed by atoms with Gasteiger partial charge in [-0.2, -0.15) is 0 Å². The molecule has 2 aromatic carbocycles. The van der Waals surface area contributed by atoms with E-state index in [-0.39, 0.29) is 6.73 Å². The molecule has 2 aromatic rings. The molecule has 0 bridgehead atoms. The van der Waals surface area contributed by atoms with Crippen molar-refractivity contribution in [2.75, 3.05) is 19.1 Å². The largest absolute Gasteiger partial charge is 0.388 e. The summed E-state index contributed by atoms with van der Waals surface area (Å²) in [6.07, 6.45) is 11.6. The lowest BCUT2D eigenvalue weighted by atomic mass is 9.68. The minimum absolute atomic E-state index is 0.250. The van der Waals surface area contributed by atoms with E-state index in [2.05, 4.69) is 68.2 Å². The van der Waals surface area contributed by atoms with Gasteiger partial charge in [-0.25, -0.2) is 0 Å². The van der Waals surface area contributed by atoms with Crippen LogP contribution in [0.15, 0.2) is 36.4 Å². The van der Waals surface area contributed by atoms with Crippen LogP contribution in [0.1, 0.15) is 122 Å². The fourth-order valence-electron chi connectivity index (χ4n) is 5.91. The molecule has 2 aliphatic rings. The standard InChI is InChI=1S/C28H39N.3C2H6.CH5NO/c1-19-5-7-22(8-6-19)23-9-11-24(12-10-23)25-13-15-26(16-14-25)27-17-20(2)21(3)28(18-27)29-4;3*1-2;2-1-3/h13-19,22-24,29H,5-12H2,1-4H3;3*1-2H3;3H,1-2H2. The number of aliphatic hydroxyl groups is 1. The lowest BCUT2D eigenvalue weighted by Crippen LogP contribution is -2.24. The van der Waals surface area contributed by atoms with Crippen LogP contribution >= 0.6 is 0 Å². The molecule has 218 valence electrons. The highest BCUT2D eigenvalue weighted by Gasteiger charge is 2.30. The van der Waals surface area contributed by atoms with Gasteiger partial charge in [0.05, 0.1) is 6.73 Å². The maximum atomic E-state index is 7.35. The second-order valence-corrected chi connectivity index (χ2v) is 10.2. The van der Waals surface area contributed by atoms with Gasteiger partial charge in [-0.1, -0.05) is 91.6 Å². The Morgan fingerprint density at radius 1 is 0.737 bits per heavy atom. The molecule has 2 saturated carbocycles. The number of hydrogen-bond donors (Lipinski definition) is 3. The molecule has 0 aromatic heterocycles. The molecule has 38 heavy (non-hydrogen) atoms. The first-order valence-electron chi connectivity index (χ1n) is 15.7. The number of anilines is 1. The topological polar surface area (TPSA) is 58.3 Å². The summed E-state index contributed by atoms with van der Waals surface area (Å²) in [5.41, 5.74) is 12.5. The summed E-state index contributed by atoms with van der Waals surface area (Å²) in [6.45, 7) is 18.6. The van der Waals surface area contributed by atoms with Crippen molar-refractivity contribution < 1.29 is 5.11 Å². The van der Waals surface area contributed by atoms with Crippen LogP contribution in [-0.2, 0) is 0 Å². The molecule has 0 saturated heterocycles. The van der Waals surface area contributed by atoms with Crippen LogP contribution in [0.25, 0.3) is 11.1 Å². The average molecular weight is 527 g/mol. The third-order valence-corrected chi connectivity index (χ3v) is 8.15. The summed E-state index contributed by atoms with van der Waals surface area (Å²) in [4.78, 5) is 0. The number of benzene rings is 2. The van der Waals surface area contributed by atoms with Gasteiger partial charge in [0.1, 0.15) is 0 Å². The molecule has 0 aliphatic heterocycles. The van der Waals surface area contributed by atoms with Crippen molar-refractivity contribution in [2.24, 2.45) is 23.5 Å². The Morgan fingerprint density at radius 2 is 1.18 bits per heavy atom. The molecule has 0 amide bonds. The van der Waals surface area contributed by atoms with Crippen LogP contribution in [0.4, 0.5) is 5.69 Å². The molecule has 3 heteroatoms. The van der Waals surface area contributed by atoms with Crippen LogP contribution in [0.3, 0.4) is 0 Å². The molecular weight excluding hydrogens is 464 g/mol. The SMILES string of the molecule is CC.CC.CC.CNc1cc(-c2ccc(C3CCC(C4CCC(C)CC4)CC3)cc2)cc(C)c1C.NCO. The predicted molar refractivity (Wildman–Crippen MR) is 172 cm³/mol. The molecule has 0 radical (unpaired) electrons. The van der Waals surface area contributed by atoms with Crippen LogP contribution in [0, 0.1) is 31.6 Å². The Kier molecular flexibility index (Phi) is 20.0. The van der Waals surface area contributed by atoms with Crippen molar-refractivity contribution in [3.63, 3.8) is 0 Å². The van der Waals surface area contributed by atoms with E-state index in [1.54, 1.807) is 5.56 Å². The van der Waals surface area contributed by atoms with Crippen molar-refractivity contribution in [2.45, 2.75) is 120 Å². The first-order valence-corrected chi connectivity index (χ1v) is 15.7. The molecule has 0 atom stereocenters. The maximum Gasteiger partial charge on any atom is 0.0906 e. The molecule has 0 unspecified atom stereocenters. The fourth-order valence-corrected chi connectivity index (χ4v) is 5.91. The zero-order valence-electron chi connectivity index (χ0n) is 26.7. The van der Waals surface area contributed by atoms with Gasteiger partial charge >= 0.3 is 0 Å². The van der Waals surface area contributed by atoms with Gasteiger partial charge in [0.2, 0.25) is 0 Å². The van der Waals surface area contributed by atoms with Gasteiger partial charge in [0.15, 0.2) is 0 Å². The maximum absolute atomic E-state index is 7.35. The Morgan fingerprint density at radius 3 is 1.63 bits per heavy atom. The minimum atomic E-state index is -0.250. The summed E-state index contributed by atoms with van der Waals surface area (Å²) >= 11 is 0. The minimum Gasteiger partial charge on any atom is -0.388 e. The lowest BCUT2D eigenvalue weighted by Gasteiger charge is -2.37. The molecule has 0 heterocycles. The quantitative estimate of drug-likeness (QED) is 0.347. The van der Waals surface area contributed by atoms with E-state index < -0.39 is 0 Å². The van der Waals surface area contributed by atoms with E-state index in [1.165, 1.54) is 79.3 Å². The Balaban J connectivity index is 0.00000137. The van der Waals surface area contributed by atoms with E-state index in [4.69, 9.17) is 5.11 Å². The van der Waals surface area contributed by atoms with Gasteiger partial charge < -0.3 is 16.2 Å². The van der Waals surface area contributed by atoms with Crippen molar-refractivity contribution in [3.05, 3.63) is 53.1 Å². The smallest absolute Gasteiger partial charge is 0.0906 e. The normalized spacial score (nSPS) is 22.0. The Bertz CT molecular complexity index is 830. The van der Waals surface area contributed by atoms with E-state index in [9.17, 15) is 0 Å². The fraction of sp³-hybridized carbons (Fsp3) is 0.657. The summed E-state index contributed by atoms with van der Waals surface area (Å²) < 4.78 is 0. The monoisotopic (exact) mass is 526 g/mol. The van der Waals surface area contributed by atoms with Gasteiger partial charge in [-0.15, -0.1) is 0 Å². The van der Waals surface area contributed by atoms with Crippen molar-refractivity contribution in [1.29, 1.82) is 0 Å². The highest BCUT2D eigenvalue weighted by Crippen LogP contribution is 2.44. The zero-order chi connectivity index (χ0) is 29.1. The first kappa shape index (κ1) is 36.2. The number of aliphatic hydroxyl groups excluding tert-OH is 1. The number of nitrogens with two attached hydrogens (primary N) is 1. The van der Waals surface area contributed by atoms with Crippen LogP contribution in [-0.4, -0.2) is 18.9 Å². The molecule has 4 N–H and O–H groups in total. The Labute approximate surface area is 237 Å². The van der Waals surface area contributed by atoms with E-state index >= 15 is 0 Å². The molecular formula is C35H62N2O. The lowest BCUT2D eigenvalue weighted by molar-refractivity contribution is 0.165. The van der Waals surface area contributed by atoms with E-state index in [0.717, 1.165) is 23.7 Å². The highest BCUT2D eigenvalue weighted by atomic mass is 16.3. The first-order chi connectivity index (χ1) is 18.5. The Hall–Kier alpha value is -1.84. The third kappa shape index (κ3) is 11.1. The number of hydrogen-bond acceptors (Lipinski definition) is 3. The van der Waals surface area contributed by atoms with E-state index in [1.807, 2.05) is 48.6 Å². The third-order valence-electron chi connectivity index (χ3n) is 8.15. The molecule has 0 spiro atoms. The van der Waals surface area contributed by atoms with Crippen LogP contribution in [0.5, 0.6) is 0 Å².